The van der Waals surface area contributed by atoms with E-state index in [1.165, 1.54) is 6.07 Å². The van der Waals surface area contributed by atoms with Gasteiger partial charge in [-0.1, -0.05) is 12.1 Å². The van der Waals surface area contributed by atoms with E-state index in [1.54, 1.807) is 12.1 Å². The lowest BCUT2D eigenvalue weighted by atomic mass is 10.1. The van der Waals surface area contributed by atoms with E-state index in [9.17, 15) is 9.50 Å². The number of halogens is 1. The summed E-state index contributed by atoms with van der Waals surface area (Å²) in [4.78, 5) is 2.05. The van der Waals surface area contributed by atoms with Crippen molar-refractivity contribution >= 4 is 0 Å². The van der Waals surface area contributed by atoms with Crippen LogP contribution in [0.4, 0.5) is 4.39 Å². The number of hydrogen-bond donors (Lipinski definition) is 1. The van der Waals surface area contributed by atoms with Crippen molar-refractivity contribution in [3.63, 3.8) is 0 Å². The van der Waals surface area contributed by atoms with E-state index < -0.39 is 5.82 Å². The Morgan fingerprint density at radius 3 is 3.06 bits per heavy atom. The molecule has 1 unspecified atom stereocenters. The summed E-state index contributed by atoms with van der Waals surface area (Å²) in [7, 11) is 1.95. The average Bonchev–Trinajstić information content (AvgIpc) is 2.77. The fraction of sp³-hybridized carbons (Fsp3) is 0.538. The molecule has 1 aliphatic rings. The topological polar surface area (TPSA) is 32.7 Å². The minimum atomic E-state index is -0.562. The number of nitrogens with zero attached hydrogens (tertiary/aromatic N) is 1. The SMILES string of the molecule is CN(Cc1cccc(F)c1O)CC1CCCO1. The first-order valence-corrected chi connectivity index (χ1v) is 5.93. The molecule has 0 aromatic heterocycles. The van der Waals surface area contributed by atoms with Gasteiger partial charge in [0.15, 0.2) is 11.6 Å². The van der Waals surface area contributed by atoms with Crippen LogP contribution in [0, 0.1) is 5.82 Å². The molecule has 2 rings (SSSR count). The van der Waals surface area contributed by atoms with Crippen LogP contribution < -0.4 is 0 Å². The van der Waals surface area contributed by atoms with Gasteiger partial charge in [-0.2, -0.15) is 0 Å². The van der Waals surface area contributed by atoms with E-state index in [0.29, 0.717) is 12.1 Å². The Kier molecular flexibility index (Phi) is 3.97. The van der Waals surface area contributed by atoms with Crippen molar-refractivity contribution < 1.29 is 14.2 Å². The highest BCUT2D eigenvalue weighted by Gasteiger charge is 2.18. The summed E-state index contributed by atoms with van der Waals surface area (Å²) in [6.07, 6.45) is 2.47. The standard InChI is InChI=1S/C13H18FNO2/c1-15(9-11-5-3-7-17-11)8-10-4-2-6-12(14)13(10)16/h2,4,6,11,16H,3,5,7-9H2,1H3. The maximum absolute atomic E-state index is 13.1. The van der Waals surface area contributed by atoms with Gasteiger partial charge >= 0.3 is 0 Å². The van der Waals surface area contributed by atoms with Crippen LogP contribution in [-0.2, 0) is 11.3 Å². The predicted octanol–water partition coefficient (Wildman–Crippen LogP) is 2.14. The quantitative estimate of drug-likeness (QED) is 0.873. The maximum Gasteiger partial charge on any atom is 0.165 e. The van der Waals surface area contributed by atoms with Crippen LogP contribution in [0.3, 0.4) is 0 Å². The van der Waals surface area contributed by atoms with Gasteiger partial charge in [0.2, 0.25) is 0 Å². The van der Waals surface area contributed by atoms with Crippen molar-refractivity contribution in [3.8, 4) is 5.75 Å². The molecule has 0 bridgehead atoms. The fourth-order valence-electron chi connectivity index (χ4n) is 2.18. The van der Waals surface area contributed by atoms with Crippen LogP contribution in [0.2, 0.25) is 0 Å². The number of phenols is 1. The first kappa shape index (κ1) is 12.3. The minimum Gasteiger partial charge on any atom is -0.505 e. The summed E-state index contributed by atoms with van der Waals surface area (Å²) >= 11 is 0. The summed E-state index contributed by atoms with van der Waals surface area (Å²) in [5, 5.41) is 9.57. The molecule has 1 atom stereocenters. The zero-order chi connectivity index (χ0) is 12.3. The normalized spacial score (nSPS) is 20.1. The van der Waals surface area contributed by atoms with E-state index in [-0.39, 0.29) is 11.9 Å². The van der Waals surface area contributed by atoms with E-state index in [1.807, 2.05) is 11.9 Å². The van der Waals surface area contributed by atoms with Crippen LogP contribution in [0.5, 0.6) is 5.75 Å². The number of ether oxygens (including phenoxy) is 1. The van der Waals surface area contributed by atoms with E-state index in [2.05, 4.69) is 0 Å². The highest BCUT2D eigenvalue weighted by Crippen LogP contribution is 2.22. The van der Waals surface area contributed by atoms with Gasteiger partial charge in [0.05, 0.1) is 6.10 Å². The lowest BCUT2D eigenvalue weighted by molar-refractivity contribution is 0.0790. The molecule has 1 aliphatic heterocycles. The van der Waals surface area contributed by atoms with Gasteiger partial charge in [0, 0.05) is 25.3 Å². The van der Waals surface area contributed by atoms with Gasteiger partial charge in [-0.05, 0) is 26.0 Å². The van der Waals surface area contributed by atoms with Crippen LogP contribution in [0.25, 0.3) is 0 Å². The molecule has 3 nitrogen and oxygen atoms in total. The van der Waals surface area contributed by atoms with Gasteiger partial charge in [0.25, 0.3) is 0 Å². The molecule has 1 fully saturated rings. The number of likely N-dealkylation sites (N-methyl/N-ethyl adjacent to an activating group) is 1. The second-order valence-electron chi connectivity index (χ2n) is 4.58. The van der Waals surface area contributed by atoms with Gasteiger partial charge in [-0.3, -0.25) is 4.90 Å². The van der Waals surface area contributed by atoms with E-state index >= 15 is 0 Å². The molecule has 0 aliphatic carbocycles. The molecular weight excluding hydrogens is 221 g/mol. The van der Waals surface area contributed by atoms with E-state index in [0.717, 1.165) is 26.0 Å². The maximum atomic E-state index is 13.1. The molecule has 17 heavy (non-hydrogen) atoms. The molecule has 0 amide bonds. The highest BCUT2D eigenvalue weighted by atomic mass is 19.1. The zero-order valence-corrected chi connectivity index (χ0v) is 10.0. The van der Waals surface area contributed by atoms with Crippen molar-refractivity contribution in [1.82, 2.24) is 4.90 Å². The number of hydrogen-bond acceptors (Lipinski definition) is 3. The number of phenolic OH excluding ortho intramolecular Hbond substituents is 1. The second-order valence-corrected chi connectivity index (χ2v) is 4.58. The second kappa shape index (κ2) is 5.47. The van der Waals surface area contributed by atoms with Crippen molar-refractivity contribution in [2.24, 2.45) is 0 Å². The van der Waals surface area contributed by atoms with Gasteiger partial charge in [-0.15, -0.1) is 0 Å². The lowest BCUT2D eigenvalue weighted by Crippen LogP contribution is -2.28. The van der Waals surface area contributed by atoms with Crippen molar-refractivity contribution in [2.45, 2.75) is 25.5 Å². The molecule has 0 spiro atoms. The first-order valence-electron chi connectivity index (χ1n) is 5.93. The highest BCUT2D eigenvalue weighted by molar-refractivity contribution is 5.33. The third kappa shape index (κ3) is 3.17. The Morgan fingerprint density at radius 1 is 1.53 bits per heavy atom. The summed E-state index contributed by atoms with van der Waals surface area (Å²) in [6, 6.07) is 4.62. The largest absolute Gasteiger partial charge is 0.505 e. The Morgan fingerprint density at radius 2 is 2.35 bits per heavy atom. The molecule has 1 N–H and O–H groups in total. The molecule has 1 heterocycles. The number of benzene rings is 1. The third-order valence-corrected chi connectivity index (χ3v) is 3.05. The summed E-state index contributed by atoms with van der Waals surface area (Å²) in [5.74, 6) is -0.806. The summed E-state index contributed by atoms with van der Waals surface area (Å²) < 4.78 is 18.7. The van der Waals surface area contributed by atoms with E-state index in [4.69, 9.17) is 4.74 Å². The smallest absolute Gasteiger partial charge is 0.165 e. The molecular formula is C13H18FNO2. The molecule has 1 aromatic carbocycles. The molecule has 0 saturated carbocycles. The molecule has 1 aromatic rings. The number of para-hydroxylation sites is 1. The third-order valence-electron chi connectivity index (χ3n) is 3.05. The molecule has 94 valence electrons. The predicted molar refractivity (Wildman–Crippen MR) is 63.4 cm³/mol. The number of rotatable bonds is 4. The monoisotopic (exact) mass is 239 g/mol. The summed E-state index contributed by atoms with van der Waals surface area (Å²) in [5.41, 5.74) is 0.616. The summed E-state index contributed by atoms with van der Waals surface area (Å²) in [6.45, 7) is 2.18. The Hall–Kier alpha value is -1.13. The Balaban J connectivity index is 1.93. The minimum absolute atomic E-state index is 0.244. The van der Waals surface area contributed by atoms with Gasteiger partial charge < -0.3 is 9.84 Å². The van der Waals surface area contributed by atoms with Crippen LogP contribution in [-0.4, -0.2) is 36.3 Å². The molecule has 4 heteroatoms. The lowest BCUT2D eigenvalue weighted by Gasteiger charge is -2.20. The van der Waals surface area contributed by atoms with Crippen molar-refractivity contribution in [2.75, 3.05) is 20.2 Å². The van der Waals surface area contributed by atoms with Crippen LogP contribution in [0.1, 0.15) is 18.4 Å². The first-order chi connectivity index (χ1) is 8.16. The van der Waals surface area contributed by atoms with Gasteiger partial charge in [-0.25, -0.2) is 4.39 Å². The van der Waals surface area contributed by atoms with Crippen molar-refractivity contribution in [1.29, 1.82) is 0 Å². The Bertz CT molecular complexity index is 378. The van der Waals surface area contributed by atoms with Crippen LogP contribution >= 0.6 is 0 Å². The van der Waals surface area contributed by atoms with Crippen molar-refractivity contribution in [3.05, 3.63) is 29.6 Å². The molecule has 0 radical (unpaired) electrons. The van der Waals surface area contributed by atoms with Gasteiger partial charge in [0.1, 0.15) is 0 Å². The van der Waals surface area contributed by atoms with Crippen LogP contribution in [0.15, 0.2) is 18.2 Å². The zero-order valence-electron chi connectivity index (χ0n) is 10.0. The molecule has 1 saturated heterocycles. The number of aromatic hydroxyl groups is 1. The average molecular weight is 239 g/mol. The fourth-order valence-corrected chi connectivity index (χ4v) is 2.18. The Labute approximate surface area is 101 Å².